The molecule has 0 atom stereocenters. The Morgan fingerprint density at radius 1 is 1.50 bits per heavy atom. The van der Waals surface area contributed by atoms with Gasteiger partial charge >= 0.3 is 0 Å². The molecule has 0 unspecified atom stereocenters. The highest BCUT2D eigenvalue weighted by molar-refractivity contribution is 4.74. The Kier molecular flexibility index (Phi) is 5.05. The predicted octanol–water partition coefficient (Wildman–Crippen LogP) is -1.69. The molecule has 14 heavy (non-hydrogen) atoms. The molecule has 1 aromatic heterocycles. The first-order valence-electron chi connectivity index (χ1n) is 4.45. The van der Waals surface area contributed by atoms with E-state index in [0.29, 0.717) is 32.1 Å². The van der Waals surface area contributed by atoms with Gasteiger partial charge in [0, 0.05) is 6.54 Å². The quantitative estimate of drug-likeness (QED) is 0.512. The summed E-state index contributed by atoms with van der Waals surface area (Å²) in [4.78, 5) is 1.42. The molecule has 0 aliphatic carbocycles. The van der Waals surface area contributed by atoms with Gasteiger partial charge in [0.25, 0.3) is 0 Å². The molecule has 0 radical (unpaired) electrons. The van der Waals surface area contributed by atoms with Crippen molar-refractivity contribution in [1.82, 2.24) is 25.5 Å². The molecule has 0 spiro atoms. The summed E-state index contributed by atoms with van der Waals surface area (Å²) >= 11 is 0. The average molecular weight is 201 g/mol. The molecule has 7 heteroatoms. The smallest absolute Gasteiger partial charge is 0.188 e. The van der Waals surface area contributed by atoms with Gasteiger partial charge in [-0.3, -0.25) is 0 Å². The van der Waals surface area contributed by atoms with E-state index in [2.05, 4.69) is 20.7 Å². The van der Waals surface area contributed by atoms with Gasteiger partial charge < -0.3 is 15.2 Å². The number of aliphatic hydroxyl groups excluding tert-OH is 1. The van der Waals surface area contributed by atoms with Crippen molar-refractivity contribution >= 4 is 0 Å². The van der Waals surface area contributed by atoms with Crippen molar-refractivity contribution < 1.29 is 9.84 Å². The Labute approximate surface area is 82.1 Å². The summed E-state index contributed by atoms with van der Waals surface area (Å²) in [5.74, 6) is 0.662. The van der Waals surface area contributed by atoms with Crippen LogP contribution < -0.4 is 5.32 Å². The number of hydrogen-bond donors (Lipinski definition) is 2. The monoisotopic (exact) mass is 201 g/mol. The van der Waals surface area contributed by atoms with Gasteiger partial charge in [-0.25, -0.2) is 0 Å². The Morgan fingerprint density at radius 2 is 2.36 bits per heavy atom. The number of aromatic nitrogens is 4. The fourth-order valence-corrected chi connectivity index (χ4v) is 0.905. The van der Waals surface area contributed by atoms with Crippen molar-refractivity contribution in [2.75, 3.05) is 26.4 Å². The molecule has 0 amide bonds. The van der Waals surface area contributed by atoms with Gasteiger partial charge in [0.05, 0.1) is 33.4 Å². The maximum Gasteiger partial charge on any atom is 0.188 e. The summed E-state index contributed by atoms with van der Waals surface area (Å²) in [6, 6.07) is 0. The normalized spacial score (nSPS) is 10.7. The molecule has 1 rings (SSSR count). The number of nitrogens with zero attached hydrogens (tertiary/aromatic N) is 4. The fraction of sp³-hybridized carbons (Fsp3) is 0.857. The second kappa shape index (κ2) is 6.41. The predicted molar refractivity (Wildman–Crippen MR) is 48.4 cm³/mol. The van der Waals surface area contributed by atoms with Gasteiger partial charge in [0.2, 0.25) is 0 Å². The van der Waals surface area contributed by atoms with Gasteiger partial charge in [-0.15, -0.1) is 10.2 Å². The lowest BCUT2D eigenvalue weighted by Crippen LogP contribution is -2.20. The van der Waals surface area contributed by atoms with Crippen LogP contribution in [0.15, 0.2) is 0 Å². The molecule has 7 nitrogen and oxygen atoms in total. The molecule has 0 saturated heterocycles. The SMILES string of the molecule is Cn1nnc(CNCCOCCO)n1. The van der Waals surface area contributed by atoms with Crippen molar-refractivity contribution in [1.29, 1.82) is 0 Å². The van der Waals surface area contributed by atoms with E-state index in [-0.39, 0.29) is 6.61 Å². The third-order valence-electron chi connectivity index (χ3n) is 1.49. The number of nitrogens with one attached hydrogen (secondary N) is 1. The lowest BCUT2D eigenvalue weighted by Gasteiger charge is -2.02. The highest BCUT2D eigenvalue weighted by Gasteiger charge is 1.98. The Bertz CT molecular complexity index is 252. The molecule has 0 aliphatic rings. The average Bonchev–Trinajstić information content (AvgIpc) is 2.58. The van der Waals surface area contributed by atoms with E-state index in [4.69, 9.17) is 9.84 Å². The summed E-state index contributed by atoms with van der Waals surface area (Å²) in [6.07, 6.45) is 0. The Balaban J connectivity index is 1.99. The topological polar surface area (TPSA) is 85.1 Å². The van der Waals surface area contributed by atoms with Gasteiger partial charge in [-0.05, 0) is 5.21 Å². The minimum absolute atomic E-state index is 0.0612. The van der Waals surface area contributed by atoms with Gasteiger partial charge in [-0.2, -0.15) is 4.80 Å². The number of aliphatic hydroxyl groups is 1. The molecule has 0 bridgehead atoms. The van der Waals surface area contributed by atoms with Crippen LogP contribution in [0.3, 0.4) is 0 Å². The van der Waals surface area contributed by atoms with Crippen LogP contribution in [-0.4, -0.2) is 51.7 Å². The Hall–Kier alpha value is -1.05. The first kappa shape index (κ1) is 11.0. The maximum atomic E-state index is 8.43. The number of ether oxygens (including phenoxy) is 1. The van der Waals surface area contributed by atoms with E-state index < -0.39 is 0 Å². The summed E-state index contributed by atoms with van der Waals surface area (Å²) in [5.41, 5.74) is 0. The first-order chi connectivity index (χ1) is 6.83. The molecule has 2 N–H and O–H groups in total. The highest BCUT2D eigenvalue weighted by atomic mass is 16.5. The molecule has 1 heterocycles. The molecule has 0 aliphatic heterocycles. The van der Waals surface area contributed by atoms with Crippen LogP contribution >= 0.6 is 0 Å². The van der Waals surface area contributed by atoms with Crippen LogP contribution in [0.5, 0.6) is 0 Å². The number of aryl methyl sites for hydroxylation is 1. The summed E-state index contributed by atoms with van der Waals surface area (Å²) in [5, 5.41) is 23.0. The minimum Gasteiger partial charge on any atom is -0.394 e. The fourth-order valence-electron chi connectivity index (χ4n) is 0.905. The summed E-state index contributed by atoms with van der Waals surface area (Å²) < 4.78 is 5.05. The van der Waals surface area contributed by atoms with E-state index in [1.165, 1.54) is 4.80 Å². The molecule has 0 aromatic carbocycles. The van der Waals surface area contributed by atoms with Crippen LogP contribution in [0.25, 0.3) is 0 Å². The van der Waals surface area contributed by atoms with Crippen molar-refractivity contribution in [2.24, 2.45) is 7.05 Å². The zero-order valence-corrected chi connectivity index (χ0v) is 8.18. The second-order valence-corrected chi connectivity index (χ2v) is 2.71. The van der Waals surface area contributed by atoms with Crippen LogP contribution in [0.2, 0.25) is 0 Å². The van der Waals surface area contributed by atoms with Gasteiger partial charge in [0.1, 0.15) is 0 Å². The van der Waals surface area contributed by atoms with E-state index in [1.807, 2.05) is 0 Å². The number of tetrazole rings is 1. The molecule has 1 aromatic rings. The first-order valence-corrected chi connectivity index (χ1v) is 4.45. The van der Waals surface area contributed by atoms with Crippen molar-refractivity contribution in [2.45, 2.75) is 6.54 Å². The third-order valence-corrected chi connectivity index (χ3v) is 1.49. The molecule has 80 valence electrons. The standard InChI is InChI=1S/C7H15N5O2/c1-12-10-7(9-11-12)6-8-2-4-14-5-3-13/h8,13H,2-6H2,1H3. The lowest BCUT2D eigenvalue weighted by molar-refractivity contribution is 0.0937. The van der Waals surface area contributed by atoms with Crippen molar-refractivity contribution in [3.05, 3.63) is 5.82 Å². The number of rotatable bonds is 7. The number of hydrogen-bond acceptors (Lipinski definition) is 6. The molecule has 0 fully saturated rings. The zero-order valence-electron chi connectivity index (χ0n) is 8.18. The minimum atomic E-state index is 0.0612. The van der Waals surface area contributed by atoms with Crippen molar-refractivity contribution in [3.8, 4) is 0 Å². The van der Waals surface area contributed by atoms with E-state index >= 15 is 0 Å². The largest absolute Gasteiger partial charge is 0.394 e. The van der Waals surface area contributed by atoms with Gasteiger partial charge in [-0.1, -0.05) is 0 Å². The summed E-state index contributed by atoms with van der Waals surface area (Å²) in [6.45, 7) is 2.30. The zero-order chi connectivity index (χ0) is 10.2. The van der Waals surface area contributed by atoms with E-state index in [0.717, 1.165) is 0 Å². The molecule has 0 saturated carbocycles. The van der Waals surface area contributed by atoms with Crippen LogP contribution in [0.1, 0.15) is 5.82 Å². The summed E-state index contributed by atoms with van der Waals surface area (Å²) in [7, 11) is 1.72. The maximum absolute atomic E-state index is 8.43. The lowest BCUT2D eigenvalue weighted by atomic mass is 10.5. The van der Waals surface area contributed by atoms with Crippen LogP contribution in [-0.2, 0) is 18.3 Å². The Morgan fingerprint density at radius 3 is 3.00 bits per heavy atom. The van der Waals surface area contributed by atoms with Crippen LogP contribution in [0, 0.1) is 0 Å². The highest BCUT2D eigenvalue weighted by Crippen LogP contribution is 1.82. The van der Waals surface area contributed by atoms with E-state index in [9.17, 15) is 0 Å². The molecular weight excluding hydrogens is 186 g/mol. The second-order valence-electron chi connectivity index (χ2n) is 2.71. The van der Waals surface area contributed by atoms with Crippen molar-refractivity contribution in [3.63, 3.8) is 0 Å². The van der Waals surface area contributed by atoms with Crippen LogP contribution in [0.4, 0.5) is 0 Å². The molecular formula is C7H15N5O2. The van der Waals surface area contributed by atoms with E-state index in [1.54, 1.807) is 7.05 Å². The van der Waals surface area contributed by atoms with Gasteiger partial charge in [0.15, 0.2) is 5.82 Å². The third kappa shape index (κ3) is 4.26.